The highest BCUT2D eigenvalue weighted by molar-refractivity contribution is 5.89. The van der Waals surface area contributed by atoms with Crippen LogP contribution in [0.5, 0.6) is 0 Å². The van der Waals surface area contributed by atoms with Crippen LogP contribution in [-0.4, -0.2) is 42.4 Å². The highest BCUT2D eigenvalue weighted by Crippen LogP contribution is 2.22. The molecular formula is C25H31N3O2. The Bertz CT molecular complexity index is 932. The van der Waals surface area contributed by atoms with Gasteiger partial charge in [0.2, 0.25) is 11.8 Å². The van der Waals surface area contributed by atoms with Crippen LogP contribution < -0.4 is 10.6 Å². The summed E-state index contributed by atoms with van der Waals surface area (Å²) < 4.78 is 0. The van der Waals surface area contributed by atoms with E-state index >= 15 is 0 Å². The molecule has 0 spiro atoms. The van der Waals surface area contributed by atoms with E-state index in [-0.39, 0.29) is 18.2 Å². The summed E-state index contributed by atoms with van der Waals surface area (Å²) in [6.45, 7) is 2.69. The predicted octanol–water partition coefficient (Wildman–Crippen LogP) is 3.54. The minimum atomic E-state index is -0.424. The van der Waals surface area contributed by atoms with Crippen molar-refractivity contribution in [2.24, 2.45) is 0 Å². The van der Waals surface area contributed by atoms with Crippen LogP contribution in [0.15, 0.2) is 54.1 Å². The predicted molar refractivity (Wildman–Crippen MR) is 120 cm³/mol. The number of nitrogens with zero attached hydrogens (tertiary/aromatic N) is 1. The largest absolute Gasteiger partial charge is 0.356 e. The highest BCUT2D eigenvalue weighted by atomic mass is 16.2. The van der Waals surface area contributed by atoms with Gasteiger partial charge in [0, 0.05) is 26.2 Å². The zero-order valence-corrected chi connectivity index (χ0v) is 17.5. The van der Waals surface area contributed by atoms with Crippen molar-refractivity contribution in [3.05, 3.63) is 59.7 Å². The first-order valence-electron chi connectivity index (χ1n) is 11.1. The fourth-order valence-corrected chi connectivity index (χ4v) is 4.56. The number of piperazine rings is 1. The molecule has 5 nitrogen and oxygen atoms in total. The summed E-state index contributed by atoms with van der Waals surface area (Å²) >= 11 is 0. The molecule has 1 fully saturated rings. The van der Waals surface area contributed by atoms with E-state index < -0.39 is 6.04 Å². The Kier molecular flexibility index (Phi) is 6.80. The second-order valence-electron chi connectivity index (χ2n) is 8.33. The Morgan fingerprint density at radius 1 is 1.13 bits per heavy atom. The standard InChI is InChI=1S/C25H31N3O2/c29-24(26-14-13-19-7-2-1-3-8-19)17-23-25(30)27-15-16-28(23)18-21-11-6-10-20-9-4-5-12-22(20)21/h4-7,9-12,23H,1-3,8,13-18H2,(H,26,29)(H,27,30). The molecule has 1 aliphatic carbocycles. The van der Waals surface area contributed by atoms with Gasteiger partial charge >= 0.3 is 0 Å². The van der Waals surface area contributed by atoms with E-state index in [0.29, 0.717) is 19.6 Å². The van der Waals surface area contributed by atoms with Gasteiger partial charge in [0.25, 0.3) is 0 Å². The SMILES string of the molecule is O=C(CC1C(=O)NCCN1Cc1cccc2ccccc12)NCCC1=CCCCC1. The van der Waals surface area contributed by atoms with Crippen molar-refractivity contribution in [3.8, 4) is 0 Å². The molecule has 1 unspecified atom stereocenters. The van der Waals surface area contributed by atoms with Crippen molar-refractivity contribution in [2.45, 2.75) is 51.1 Å². The first kappa shape index (κ1) is 20.6. The summed E-state index contributed by atoms with van der Waals surface area (Å²) in [6.07, 6.45) is 8.28. The average Bonchev–Trinajstić information content (AvgIpc) is 2.77. The summed E-state index contributed by atoms with van der Waals surface area (Å²) in [4.78, 5) is 27.3. The number of hydrogen-bond donors (Lipinski definition) is 2. The van der Waals surface area contributed by atoms with E-state index in [0.717, 1.165) is 25.8 Å². The molecule has 1 saturated heterocycles. The molecule has 0 saturated carbocycles. The summed E-state index contributed by atoms with van der Waals surface area (Å²) in [7, 11) is 0. The van der Waals surface area contributed by atoms with Gasteiger partial charge < -0.3 is 10.6 Å². The van der Waals surface area contributed by atoms with Gasteiger partial charge in [-0.2, -0.15) is 0 Å². The quantitative estimate of drug-likeness (QED) is 0.693. The maximum atomic E-state index is 12.6. The lowest BCUT2D eigenvalue weighted by Gasteiger charge is -2.35. The molecule has 0 radical (unpaired) electrons. The molecule has 2 aliphatic rings. The van der Waals surface area contributed by atoms with Gasteiger partial charge in [-0.3, -0.25) is 14.5 Å². The van der Waals surface area contributed by atoms with E-state index in [2.05, 4.69) is 51.9 Å². The number of hydrogen-bond acceptors (Lipinski definition) is 3. The third kappa shape index (κ3) is 5.08. The molecule has 4 rings (SSSR count). The van der Waals surface area contributed by atoms with E-state index in [1.807, 2.05) is 12.1 Å². The minimum absolute atomic E-state index is 0.0450. The van der Waals surface area contributed by atoms with Crippen LogP contribution in [-0.2, 0) is 16.1 Å². The summed E-state index contributed by atoms with van der Waals surface area (Å²) in [6, 6.07) is 14.2. The molecule has 2 N–H and O–H groups in total. The van der Waals surface area contributed by atoms with Crippen molar-refractivity contribution in [1.29, 1.82) is 0 Å². The Morgan fingerprint density at radius 3 is 2.87 bits per heavy atom. The Hall–Kier alpha value is -2.66. The Labute approximate surface area is 178 Å². The molecular weight excluding hydrogens is 374 g/mol. The molecule has 0 aromatic heterocycles. The third-order valence-corrected chi connectivity index (χ3v) is 6.23. The fraction of sp³-hybridized carbons (Fsp3) is 0.440. The van der Waals surface area contributed by atoms with Gasteiger partial charge in [0.1, 0.15) is 0 Å². The lowest BCUT2D eigenvalue weighted by atomic mass is 9.97. The second kappa shape index (κ2) is 9.90. The number of carbonyl (C=O) groups excluding carboxylic acids is 2. The van der Waals surface area contributed by atoms with Crippen LogP contribution in [0.4, 0.5) is 0 Å². The lowest BCUT2D eigenvalue weighted by molar-refractivity contribution is -0.134. The number of nitrogens with one attached hydrogen (secondary N) is 2. The van der Waals surface area contributed by atoms with Crippen LogP contribution in [0.2, 0.25) is 0 Å². The van der Waals surface area contributed by atoms with Crippen LogP contribution in [0, 0.1) is 0 Å². The zero-order valence-electron chi connectivity index (χ0n) is 17.5. The number of rotatable bonds is 7. The van der Waals surface area contributed by atoms with Gasteiger partial charge in [-0.15, -0.1) is 0 Å². The highest BCUT2D eigenvalue weighted by Gasteiger charge is 2.31. The number of allylic oxidation sites excluding steroid dienone is 1. The topological polar surface area (TPSA) is 61.4 Å². The molecule has 2 amide bonds. The van der Waals surface area contributed by atoms with Crippen molar-refractivity contribution >= 4 is 22.6 Å². The molecule has 2 aromatic carbocycles. The fourth-order valence-electron chi connectivity index (χ4n) is 4.56. The van der Waals surface area contributed by atoms with Gasteiger partial charge in [0.05, 0.1) is 12.5 Å². The Balaban J connectivity index is 1.38. The lowest BCUT2D eigenvalue weighted by Crippen LogP contribution is -2.56. The number of amides is 2. The second-order valence-corrected chi connectivity index (χ2v) is 8.33. The van der Waals surface area contributed by atoms with Crippen molar-refractivity contribution in [2.75, 3.05) is 19.6 Å². The van der Waals surface area contributed by atoms with Crippen LogP contribution >= 0.6 is 0 Å². The molecule has 30 heavy (non-hydrogen) atoms. The van der Waals surface area contributed by atoms with E-state index in [1.54, 1.807) is 0 Å². The van der Waals surface area contributed by atoms with Crippen molar-refractivity contribution in [1.82, 2.24) is 15.5 Å². The summed E-state index contributed by atoms with van der Waals surface area (Å²) in [5.74, 6) is -0.0944. The van der Waals surface area contributed by atoms with E-state index in [9.17, 15) is 9.59 Å². The number of fused-ring (bicyclic) bond motifs is 1. The molecule has 0 bridgehead atoms. The Morgan fingerprint density at radius 2 is 2.00 bits per heavy atom. The van der Waals surface area contributed by atoms with E-state index in [1.165, 1.54) is 34.8 Å². The van der Waals surface area contributed by atoms with Crippen LogP contribution in [0.1, 0.15) is 44.1 Å². The van der Waals surface area contributed by atoms with Gasteiger partial charge in [0.15, 0.2) is 0 Å². The first-order chi connectivity index (χ1) is 14.7. The monoisotopic (exact) mass is 405 g/mol. The molecule has 158 valence electrons. The number of carbonyl (C=O) groups is 2. The summed E-state index contributed by atoms with van der Waals surface area (Å²) in [5, 5.41) is 8.35. The van der Waals surface area contributed by atoms with E-state index in [4.69, 9.17) is 0 Å². The number of benzene rings is 2. The maximum absolute atomic E-state index is 12.6. The summed E-state index contributed by atoms with van der Waals surface area (Å²) in [5.41, 5.74) is 2.65. The normalized spacial score (nSPS) is 19.9. The smallest absolute Gasteiger partial charge is 0.237 e. The molecule has 1 heterocycles. The molecule has 1 aliphatic heterocycles. The van der Waals surface area contributed by atoms with Gasteiger partial charge in [-0.1, -0.05) is 54.1 Å². The van der Waals surface area contributed by atoms with Gasteiger partial charge in [-0.25, -0.2) is 0 Å². The van der Waals surface area contributed by atoms with Crippen LogP contribution in [0.25, 0.3) is 10.8 Å². The minimum Gasteiger partial charge on any atom is -0.356 e. The van der Waals surface area contributed by atoms with Gasteiger partial charge in [-0.05, 0) is 48.4 Å². The third-order valence-electron chi connectivity index (χ3n) is 6.23. The van der Waals surface area contributed by atoms with Crippen LogP contribution in [0.3, 0.4) is 0 Å². The molecule has 1 atom stereocenters. The molecule has 5 heteroatoms. The molecule has 2 aromatic rings. The average molecular weight is 406 g/mol. The van der Waals surface area contributed by atoms with Crippen molar-refractivity contribution in [3.63, 3.8) is 0 Å². The maximum Gasteiger partial charge on any atom is 0.237 e. The van der Waals surface area contributed by atoms with Crippen molar-refractivity contribution < 1.29 is 9.59 Å². The first-order valence-corrected chi connectivity index (χ1v) is 11.1. The zero-order chi connectivity index (χ0) is 20.8.